The first kappa shape index (κ1) is 38.4. The largest absolute Gasteiger partial charge is 0.399 e. The molecular formula is C28H29Cl2N3O10S3. The SMILES string of the molecule is CC(=O)Nc1cccc(N)c1.Nc1ccc2cc(S(=O)(=O)O)cc(S(=O)(=O)O)c2c1.O=C(Cl)c1ccc(CS(=O)(=O)CCCl)cc1. The highest BCUT2D eigenvalue weighted by atomic mass is 35.5. The highest BCUT2D eigenvalue weighted by Gasteiger charge is 2.20. The minimum absolute atomic E-state index is 0.0508. The highest BCUT2D eigenvalue weighted by Crippen LogP contribution is 2.28. The second-order valence-corrected chi connectivity index (χ2v) is 15.1. The average molecular weight is 735 g/mol. The first-order valence-corrected chi connectivity index (χ1v) is 18.3. The molecule has 0 aliphatic heterocycles. The molecule has 4 rings (SSSR count). The zero-order valence-electron chi connectivity index (χ0n) is 23.9. The summed E-state index contributed by atoms with van der Waals surface area (Å²) >= 11 is 10.6. The average Bonchev–Trinajstić information content (AvgIpc) is 2.92. The van der Waals surface area contributed by atoms with E-state index in [1.165, 1.54) is 37.3 Å². The van der Waals surface area contributed by atoms with Crippen LogP contribution in [0.2, 0.25) is 0 Å². The number of nitrogen functional groups attached to an aromatic ring is 2. The van der Waals surface area contributed by atoms with E-state index in [-0.39, 0.29) is 39.8 Å². The minimum Gasteiger partial charge on any atom is -0.399 e. The van der Waals surface area contributed by atoms with E-state index < -0.39 is 45.1 Å². The third-order valence-corrected chi connectivity index (χ3v) is 9.61. The number of hydrogen-bond donors (Lipinski definition) is 5. The lowest BCUT2D eigenvalue weighted by atomic mass is 10.1. The Morgan fingerprint density at radius 2 is 1.41 bits per heavy atom. The maximum Gasteiger partial charge on any atom is 0.295 e. The van der Waals surface area contributed by atoms with Crippen molar-refractivity contribution in [2.75, 3.05) is 28.4 Å². The molecule has 248 valence electrons. The van der Waals surface area contributed by atoms with Crippen molar-refractivity contribution in [2.45, 2.75) is 22.5 Å². The van der Waals surface area contributed by atoms with Crippen LogP contribution >= 0.6 is 23.2 Å². The van der Waals surface area contributed by atoms with Crippen molar-refractivity contribution >= 4 is 92.3 Å². The normalized spacial score (nSPS) is 11.4. The standard InChI is InChI=1S/C10H10Cl2O3S.C10H9NO6S2.C8H10N2O/c11-5-6-16(14,15)7-8-1-3-9(4-2-8)10(12)13;11-7-2-1-6-3-8(18(12,13)14)5-10(9(6)4-7)19(15,16)17;1-6(11)10-8-4-2-3-7(9)5-8/h1-4H,5-7H2;1-5H,11H2,(H,12,13,14)(H,15,16,17);2-5H,9H2,1H3,(H,10,11). The van der Waals surface area contributed by atoms with Crippen molar-refractivity contribution in [1.29, 1.82) is 0 Å². The lowest BCUT2D eigenvalue weighted by Crippen LogP contribution is -2.10. The van der Waals surface area contributed by atoms with E-state index in [1.807, 2.05) is 0 Å². The minimum atomic E-state index is -4.66. The number of rotatable bonds is 8. The first-order chi connectivity index (χ1) is 21.2. The van der Waals surface area contributed by atoms with Crippen molar-refractivity contribution < 1.29 is 43.9 Å². The maximum absolute atomic E-state index is 11.4. The number of benzene rings is 4. The van der Waals surface area contributed by atoms with Crippen LogP contribution in [0.25, 0.3) is 10.8 Å². The molecule has 46 heavy (non-hydrogen) atoms. The van der Waals surface area contributed by atoms with Crippen LogP contribution in [0.5, 0.6) is 0 Å². The molecule has 0 bridgehead atoms. The van der Waals surface area contributed by atoms with Gasteiger partial charge in [0.2, 0.25) is 5.91 Å². The van der Waals surface area contributed by atoms with Gasteiger partial charge >= 0.3 is 0 Å². The third-order valence-electron chi connectivity index (χ3n) is 5.65. The van der Waals surface area contributed by atoms with E-state index in [0.29, 0.717) is 22.9 Å². The van der Waals surface area contributed by atoms with Gasteiger partial charge in [-0.2, -0.15) is 16.8 Å². The lowest BCUT2D eigenvalue weighted by molar-refractivity contribution is -0.114. The van der Waals surface area contributed by atoms with Gasteiger partial charge in [0.1, 0.15) is 4.90 Å². The molecule has 0 saturated carbocycles. The number of nitrogens with two attached hydrogens (primary N) is 2. The molecule has 1 amide bonds. The summed E-state index contributed by atoms with van der Waals surface area (Å²) in [6.07, 6.45) is 0. The molecule has 0 radical (unpaired) electrons. The van der Waals surface area contributed by atoms with E-state index in [2.05, 4.69) is 5.32 Å². The fourth-order valence-electron chi connectivity index (χ4n) is 3.67. The molecular weight excluding hydrogens is 705 g/mol. The van der Waals surface area contributed by atoms with Crippen LogP contribution in [0.3, 0.4) is 0 Å². The second-order valence-electron chi connectivity index (χ2n) is 9.41. The maximum atomic E-state index is 11.4. The number of halogens is 2. The molecule has 0 unspecified atom stereocenters. The summed E-state index contributed by atoms with van der Waals surface area (Å²) in [6, 6.07) is 19.1. The number of alkyl halides is 1. The fraction of sp³-hybridized carbons (Fsp3) is 0.143. The van der Waals surface area contributed by atoms with Crippen LogP contribution in [-0.4, -0.2) is 57.1 Å². The van der Waals surface area contributed by atoms with Gasteiger partial charge in [0.15, 0.2) is 9.84 Å². The number of anilines is 3. The van der Waals surface area contributed by atoms with Gasteiger partial charge in [-0.25, -0.2) is 8.42 Å². The Kier molecular flexibility index (Phi) is 13.5. The molecule has 0 aliphatic rings. The van der Waals surface area contributed by atoms with Gasteiger partial charge in [-0.3, -0.25) is 18.7 Å². The highest BCUT2D eigenvalue weighted by molar-refractivity contribution is 7.90. The van der Waals surface area contributed by atoms with Crippen molar-refractivity contribution in [3.63, 3.8) is 0 Å². The van der Waals surface area contributed by atoms with E-state index in [0.717, 1.165) is 11.8 Å². The summed E-state index contributed by atoms with van der Waals surface area (Å²) in [5, 5.41) is 2.34. The van der Waals surface area contributed by atoms with Crippen molar-refractivity contribution in [1.82, 2.24) is 0 Å². The molecule has 18 heteroatoms. The van der Waals surface area contributed by atoms with Crippen LogP contribution in [0, 0.1) is 0 Å². The molecule has 0 atom stereocenters. The number of hydrogen-bond acceptors (Lipinski definition) is 10. The molecule has 0 fully saturated rings. The smallest absolute Gasteiger partial charge is 0.295 e. The number of nitrogens with one attached hydrogen (secondary N) is 1. The molecule has 13 nitrogen and oxygen atoms in total. The summed E-state index contributed by atoms with van der Waals surface area (Å²) < 4.78 is 85.7. The van der Waals surface area contributed by atoms with Crippen molar-refractivity contribution in [3.8, 4) is 0 Å². The topological polar surface area (TPSA) is 241 Å². The van der Waals surface area contributed by atoms with Crippen LogP contribution in [0.15, 0.2) is 88.7 Å². The Morgan fingerprint density at radius 3 is 1.91 bits per heavy atom. The lowest BCUT2D eigenvalue weighted by Gasteiger charge is -2.07. The molecule has 0 saturated heterocycles. The van der Waals surface area contributed by atoms with E-state index >= 15 is 0 Å². The fourth-order valence-corrected chi connectivity index (χ4v) is 6.93. The third kappa shape index (κ3) is 12.6. The number of amides is 1. The van der Waals surface area contributed by atoms with Gasteiger partial charge in [-0.05, 0) is 77.1 Å². The van der Waals surface area contributed by atoms with Gasteiger partial charge in [-0.1, -0.05) is 24.3 Å². The molecule has 0 heterocycles. The van der Waals surface area contributed by atoms with E-state index in [1.54, 1.807) is 36.4 Å². The van der Waals surface area contributed by atoms with Gasteiger partial charge < -0.3 is 16.8 Å². The Labute approximate surface area is 275 Å². The van der Waals surface area contributed by atoms with Gasteiger partial charge in [0.25, 0.3) is 25.5 Å². The predicted molar refractivity (Wildman–Crippen MR) is 178 cm³/mol. The molecule has 0 aliphatic carbocycles. The number of carbonyl (C=O) groups is 2. The first-order valence-electron chi connectivity index (χ1n) is 12.7. The van der Waals surface area contributed by atoms with Crippen LogP contribution in [0.1, 0.15) is 22.8 Å². The van der Waals surface area contributed by atoms with Crippen LogP contribution in [-0.2, 0) is 40.6 Å². The number of carbonyl (C=O) groups excluding carboxylic acids is 2. The Bertz CT molecular complexity index is 2060. The zero-order valence-corrected chi connectivity index (χ0v) is 27.9. The van der Waals surface area contributed by atoms with Gasteiger partial charge in [0, 0.05) is 40.8 Å². The monoisotopic (exact) mass is 733 g/mol. The van der Waals surface area contributed by atoms with E-state index in [9.17, 15) is 34.8 Å². The molecule has 0 aromatic heterocycles. The summed E-state index contributed by atoms with van der Waals surface area (Å²) in [5.41, 5.74) is 13.6. The van der Waals surface area contributed by atoms with E-state index in [4.69, 9.17) is 43.8 Å². The number of sulfone groups is 1. The zero-order chi connectivity index (χ0) is 34.9. The predicted octanol–water partition coefficient (Wildman–Crippen LogP) is 4.36. The molecule has 4 aromatic rings. The summed E-state index contributed by atoms with van der Waals surface area (Å²) in [6.45, 7) is 1.46. The van der Waals surface area contributed by atoms with Gasteiger partial charge in [0.05, 0.1) is 16.4 Å². The van der Waals surface area contributed by atoms with Crippen molar-refractivity contribution in [3.05, 3.63) is 90.0 Å². The Hall–Kier alpha value is -3.77. The van der Waals surface area contributed by atoms with Crippen LogP contribution < -0.4 is 16.8 Å². The number of fused-ring (bicyclic) bond motifs is 1. The second kappa shape index (κ2) is 16.2. The van der Waals surface area contributed by atoms with Gasteiger partial charge in [-0.15, -0.1) is 11.6 Å². The summed E-state index contributed by atoms with van der Waals surface area (Å²) in [4.78, 5) is 20.1. The summed E-state index contributed by atoms with van der Waals surface area (Å²) in [5.74, 6) is -0.127. The summed E-state index contributed by atoms with van der Waals surface area (Å²) in [7, 11) is -12.4. The molecule has 4 aromatic carbocycles. The Balaban J connectivity index is 0.000000249. The molecule has 7 N–H and O–H groups in total. The Morgan fingerprint density at radius 1 is 0.804 bits per heavy atom. The quantitative estimate of drug-likeness (QED) is 0.0734. The van der Waals surface area contributed by atoms with Crippen molar-refractivity contribution in [2.24, 2.45) is 0 Å². The molecule has 0 spiro atoms. The van der Waals surface area contributed by atoms with Crippen LogP contribution in [0.4, 0.5) is 17.1 Å².